The first-order valence-corrected chi connectivity index (χ1v) is 2.13. The maximum atomic E-state index is 5.15. The van der Waals surface area contributed by atoms with Gasteiger partial charge in [-0.1, -0.05) is 12.7 Å². The van der Waals surface area contributed by atoms with Gasteiger partial charge in [0.05, 0.1) is 0 Å². The summed E-state index contributed by atoms with van der Waals surface area (Å²) in [6.07, 6.45) is 4.22. The molecule has 3 nitrogen and oxygen atoms in total. The van der Waals surface area contributed by atoms with Crippen LogP contribution in [-0.2, 0) is 0 Å². The van der Waals surface area contributed by atoms with Crippen molar-refractivity contribution in [1.29, 1.82) is 0 Å². The highest BCUT2D eigenvalue weighted by molar-refractivity contribution is 5.71. The molecule has 0 aliphatic rings. The molecule has 0 aromatic heterocycles. The fraction of sp³-hybridized carbons (Fsp3) is 0. The van der Waals surface area contributed by atoms with Crippen molar-refractivity contribution >= 4 is 6.21 Å². The molecule has 8 heavy (non-hydrogen) atoms. The van der Waals surface area contributed by atoms with Gasteiger partial charge in [0, 0.05) is 12.4 Å². The first-order valence-electron chi connectivity index (χ1n) is 2.13. The Morgan fingerprint density at radius 1 is 1.62 bits per heavy atom. The Labute approximate surface area is 48.4 Å². The van der Waals surface area contributed by atoms with Crippen LogP contribution >= 0.6 is 0 Å². The van der Waals surface area contributed by atoms with E-state index >= 15 is 0 Å². The van der Waals surface area contributed by atoms with Gasteiger partial charge in [-0.15, -0.1) is 0 Å². The van der Waals surface area contributed by atoms with Crippen molar-refractivity contribution in [3.8, 4) is 0 Å². The van der Waals surface area contributed by atoms with Crippen LogP contribution in [0.5, 0.6) is 0 Å². The SMILES string of the molecule is C=C/C=N\C(N)=C/N. The van der Waals surface area contributed by atoms with Gasteiger partial charge in [-0.3, -0.25) is 0 Å². The molecule has 0 atom stereocenters. The second-order valence-corrected chi connectivity index (χ2v) is 1.11. The lowest BCUT2D eigenvalue weighted by atomic mass is 10.7. The Bertz CT molecular complexity index is 124. The Morgan fingerprint density at radius 2 is 2.25 bits per heavy atom. The van der Waals surface area contributed by atoms with E-state index in [1.807, 2.05) is 0 Å². The minimum Gasteiger partial charge on any atom is -0.402 e. The van der Waals surface area contributed by atoms with Gasteiger partial charge in [-0.2, -0.15) is 0 Å². The van der Waals surface area contributed by atoms with Crippen molar-refractivity contribution < 1.29 is 0 Å². The molecule has 0 rings (SSSR count). The van der Waals surface area contributed by atoms with Gasteiger partial charge >= 0.3 is 0 Å². The molecule has 0 aliphatic carbocycles. The maximum Gasteiger partial charge on any atom is 0.138 e. The molecular weight excluding hydrogens is 102 g/mol. The fourth-order valence-electron chi connectivity index (χ4n) is 0.182. The molecule has 44 valence electrons. The Kier molecular flexibility index (Phi) is 3.31. The molecule has 0 bridgehead atoms. The summed E-state index contributed by atoms with van der Waals surface area (Å²) in [5.74, 6) is 0.296. The number of hydrogen-bond acceptors (Lipinski definition) is 3. The molecule has 0 heterocycles. The molecule has 0 aliphatic heterocycles. The molecule has 0 aromatic carbocycles. The van der Waals surface area contributed by atoms with Gasteiger partial charge in [-0.25, -0.2) is 4.99 Å². The highest BCUT2D eigenvalue weighted by atomic mass is 14.9. The average Bonchev–Trinajstić information content (AvgIpc) is 1.83. The third-order valence-corrected chi connectivity index (χ3v) is 0.500. The summed E-state index contributed by atoms with van der Waals surface area (Å²) in [5.41, 5.74) is 10.1. The van der Waals surface area contributed by atoms with E-state index in [0.717, 1.165) is 0 Å². The van der Waals surface area contributed by atoms with E-state index in [9.17, 15) is 0 Å². The van der Waals surface area contributed by atoms with Gasteiger partial charge in [-0.05, 0) is 0 Å². The van der Waals surface area contributed by atoms with Crippen molar-refractivity contribution in [3.63, 3.8) is 0 Å². The monoisotopic (exact) mass is 111 g/mol. The van der Waals surface area contributed by atoms with Crippen LogP contribution in [-0.4, -0.2) is 6.21 Å². The lowest BCUT2D eigenvalue weighted by molar-refractivity contribution is 1.22. The van der Waals surface area contributed by atoms with Crippen LogP contribution in [0.1, 0.15) is 0 Å². The Balaban J connectivity index is 3.69. The summed E-state index contributed by atoms with van der Waals surface area (Å²) in [7, 11) is 0. The summed E-state index contributed by atoms with van der Waals surface area (Å²) in [4.78, 5) is 3.63. The zero-order chi connectivity index (χ0) is 6.41. The number of nitrogens with zero attached hydrogens (tertiary/aromatic N) is 1. The predicted octanol–water partition coefficient (Wildman–Crippen LogP) is -0.0405. The number of rotatable bonds is 2. The standard InChI is InChI=1S/C5H9N3/c1-2-3-8-5(7)4-6/h2-4H,1,6-7H2/b5-4-,8-3-. The Morgan fingerprint density at radius 3 is 2.62 bits per heavy atom. The maximum absolute atomic E-state index is 5.15. The summed E-state index contributed by atoms with van der Waals surface area (Å²) >= 11 is 0. The lowest BCUT2D eigenvalue weighted by Crippen LogP contribution is -1.96. The normalized spacial score (nSPS) is 12.2. The van der Waals surface area contributed by atoms with Crippen molar-refractivity contribution in [2.75, 3.05) is 0 Å². The minimum atomic E-state index is 0.296. The molecule has 0 fully saturated rings. The smallest absolute Gasteiger partial charge is 0.138 e. The van der Waals surface area contributed by atoms with Gasteiger partial charge in [0.2, 0.25) is 0 Å². The van der Waals surface area contributed by atoms with E-state index in [2.05, 4.69) is 11.6 Å². The van der Waals surface area contributed by atoms with Crippen molar-refractivity contribution in [3.05, 3.63) is 24.7 Å². The minimum absolute atomic E-state index is 0.296. The zero-order valence-corrected chi connectivity index (χ0v) is 4.54. The molecule has 0 unspecified atom stereocenters. The van der Waals surface area contributed by atoms with Crippen LogP contribution in [0.3, 0.4) is 0 Å². The van der Waals surface area contributed by atoms with Crippen LogP contribution in [0.15, 0.2) is 29.7 Å². The van der Waals surface area contributed by atoms with Gasteiger partial charge in [0.15, 0.2) is 0 Å². The van der Waals surface area contributed by atoms with E-state index in [1.54, 1.807) is 0 Å². The molecule has 0 saturated heterocycles. The van der Waals surface area contributed by atoms with Gasteiger partial charge in [0.1, 0.15) is 5.82 Å². The molecule has 0 amide bonds. The van der Waals surface area contributed by atoms with Crippen molar-refractivity contribution in [2.45, 2.75) is 0 Å². The topological polar surface area (TPSA) is 64.4 Å². The number of aliphatic imine (C=N–C) groups is 1. The van der Waals surface area contributed by atoms with E-state index in [0.29, 0.717) is 5.82 Å². The van der Waals surface area contributed by atoms with E-state index in [1.165, 1.54) is 18.5 Å². The molecule has 0 radical (unpaired) electrons. The fourth-order valence-corrected chi connectivity index (χ4v) is 0.182. The number of hydrogen-bond donors (Lipinski definition) is 2. The second kappa shape index (κ2) is 3.92. The zero-order valence-electron chi connectivity index (χ0n) is 4.54. The third kappa shape index (κ3) is 2.96. The van der Waals surface area contributed by atoms with Crippen LogP contribution in [0.2, 0.25) is 0 Å². The number of allylic oxidation sites excluding steroid dienone is 1. The van der Waals surface area contributed by atoms with E-state index in [4.69, 9.17) is 11.5 Å². The predicted molar refractivity (Wildman–Crippen MR) is 35.1 cm³/mol. The second-order valence-electron chi connectivity index (χ2n) is 1.11. The summed E-state index contributed by atoms with van der Waals surface area (Å²) in [5, 5.41) is 0. The van der Waals surface area contributed by atoms with Gasteiger partial charge in [0.25, 0.3) is 0 Å². The average molecular weight is 111 g/mol. The molecule has 4 N–H and O–H groups in total. The van der Waals surface area contributed by atoms with Crippen molar-refractivity contribution in [1.82, 2.24) is 0 Å². The third-order valence-electron chi connectivity index (χ3n) is 0.500. The highest BCUT2D eigenvalue weighted by Crippen LogP contribution is 1.76. The molecular formula is C5H9N3. The first kappa shape index (κ1) is 6.75. The largest absolute Gasteiger partial charge is 0.402 e. The molecule has 0 spiro atoms. The summed E-state index contributed by atoms with van der Waals surface area (Å²) < 4.78 is 0. The van der Waals surface area contributed by atoms with Crippen molar-refractivity contribution in [2.24, 2.45) is 16.5 Å². The first-order chi connectivity index (χ1) is 3.81. The van der Waals surface area contributed by atoms with Crippen LogP contribution in [0.4, 0.5) is 0 Å². The van der Waals surface area contributed by atoms with Crippen LogP contribution in [0, 0.1) is 0 Å². The van der Waals surface area contributed by atoms with Gasteiger partial charge < -0.3 is 11.5 Å². The van der Waals surface area contributed by atoms with Crippen LogP contribution < -0.4 is 11.5 Å². The Hall–Kier alpha value is -1.25. The quantitative estimate of drug-likeness (QED) is 0.491. The summed E-state index contributed by atoms with van der Waals surface area (Å²) in [6, 6.07) is 0. The molecule has 0 aromatic rings. The van der Waals surface area contributed by atoms with Crippen LogP contribution in [0.25, 0.3) is 0 Å². The molecule has 3 heteroatoms. The molecule has 0 saturated carbocycles. The van der Waals surface area contributed by atoms with E-state index in [-0.39, 0.29) is 0 Å². The highest BCUT2D eigenvalue weighted by Gasteiger charge is 1.72. The van der Waals surface area contributed by atoms with E-state index < -0.39 is 0 Å². The lowest BCUT2D eigenvalue weighted by Gasteiger charge is -1.83. The summed E-state index contributed by atoms with van der Waals surface area (Å²) in [6.45, 7) is 3.39. The number of nitrogens with two attached hydrogens (primary N) is 2.